The second-order valence-corrected chi connectivity index (χ2v) is 6.26. The summed E-state index contributed by atoms with van der Waals surface area (Å²) in [7, 11) is 0. The summed E-state index contributed by atoms with van der Waals surface area (Å²) in [5.41, 5.74) is 2.12. The number of nitrogens with zero attached hydrogens (tertiary/aromatic N) is 1. The molecular weight excluding hydrogens is 342 g/mol. The van der Waals surface area contributed by atoms with Crippen LogP contribution in [0.1, 0.15) is 10.4 Å². The number of nitrogens with one attached hydrogen (secondary N) is 2. The van der Waals surface area contributed by atoms with Gasteiger partial charge in [0.15, 0.2) is 5.11 Å². The molecule has 26 heavy (non-hydrogen) atoms. The molecule has 0 radical (unpaired) electrons. The van der Waals surface area contributed by atoms with Gasteiger partial charge in [0.05, 0.1) is 11.2 Å². The average molecular weight is 357 g/mol. The lowest BCUT2D eigenvalue weighted by Crippen LogP contribution is -2.34. The summed E-state index contributed by atoms with van der Waals surface area (Å²) in [5, 5.41) is 9.13. The van der Waals surface area contributed by atoms with E-state index in [1.165, 1.54) is 0 Å². The minimum absolute atomic E-state index is 0.237. The number of carbonyl (C=O) groups is 1. The number of anilines is 1. The van der Waals surface area contributed by atoms with Gasteiger partial charge in [-0.05, 0) is 47.3 Å². The largest absolute Gasteiger partial charge is 0.331 e. The third-order valence-electron chi connectivity index (χ3n) is 4.12. The molecule has 0 spiro atoms. The number of fused-ring (bicyclic) bond motifs is 2. The monoisotopic (exact) mass is 357 g/mol. The van der Waals surface area contributed by atoms with Gasteiger partial charge in [-0.2, -0.15) is 0 Å². The predicted octanol–water partition coefficient (Wildman–Crippen LogP) is 4.51. The van der Waals surface area contributed by atoms with Gasteiger partial charge in [0.2, 0.25) is 0 Å². The van der Waals surface area contributed by atoms with Crippen LogP contribution < -0.4 is 10.6 Å². The standard InChI is InChI=1S/C21H15N3OS/c25-20(17-11-10-14-5-1-2-6-16(14)13-17)24-21(26)23-18-9-3-7-15-8-4-12-22-19(15)18/h1-13H,(H2,23,24,25,26). The first-order valence-electron chi connectivity index (χ1n) is 8.15. The molecule has 5 heteroatoms. The first kappa shape index (κ1) is 16.2. The number of carbonyl (C=O) groups excluding carboxylic acids is 1. The van der Waals surface area contributed by atoms with E-state index in [-0.39, 0.29) is 11.0 Å². The number of hydrogen-bond acceptors (Lipinski definition) is 3. The number of aromatic nitrogens is 1. The Balaban J connectivity index is 1.52. The quantitative estimate of drug-likeness (QED) is 0.518. The van der Waals surface area contributed by atoms with Gasteiger partial charge in [-0.3, -0.25) is 15.1 Å². The zero-order valence-electron chi connectivity index (χ0n) is 13.8. The van der Waals surface area contributed by atoms with Gasteiger partial charge in [-0.15, -0.1) is 0 Å². The van der Waals surface area contributed by atoms with Gasteiger partial charge in [-0.1, -0.05) is 48.5 Å². The molecule has 0 aliphatic carbocycles. The lowest BCUT2D eigenvalue weighted by molar-refractivity contribution is 0.0978. The van der Waals surface area contributed by atoms with E-state index in [1.54, 1.807) is 12.3 Å². The van der Waals surface area contributed by atoms with Crippen molar-refractivity contribution in [1.82, 2.24) is 10.3 Å². The van der Waals surface area contributed by atoms with E-state index >= 15 is 0 Å². The van der Waals surface area contributed by atoms with Crippen LogP contribution in [0.15, 0.2) is 79.0 Å². The summed E-state index contributed by atoms with van der Waals surface area (Å²) in [6, 6.07) is 23.1. The maximum absolute atomic E-state index is 12.5. The molecule has 4 rings (SSSR count). The van der Waals surface area contributed by atoms with E-state index in [0.717, 1.165) is 27.4 Å². The van der Waals surface area contributed by atoms with Crippen molar-refractivity contribution in [3.05, 3.63) is 84.6 Å². The Hall–Kier alpha value is -3.31. The zero-order chi connectivity index (χ0) is 17.9. The Labute approximate surface area is 155 Å². The lowest BCUT2D eigenvalue weighted by Gasteiger charge is -2.11. The summed E-state index contributed by atoms with van der Waals surface area (Å²) in [6.07, 6.45) is 1.73. The van der Waals surface area contributed by atoms with Crippen molar-refractivity contribution < 1.29 is 4.79 Å². The van der Waals surface area contributed by atoms with Crippen molar-refractivity contribution in [3.8, 4) is 0 Å². The number of benzene rings is 3. The van der Waals surface area contributed by atoms with Crippen LogP contribution >= 0.6 is 12.2 Å². The van der Waals surface area contributed by atoms with E-state index < -0.39 is 0 Å². The highest BCUT2D eigenvalue weighted by molar-refractivity contribution is 7.80. The Kier molecular flexibility index (Phi) is 4.29. The van der Waals surface area contributed by atoms with Crippen molar-refractivity contribution in [2.45, 2.75) is 0 Å². The predicted molar refractivity (Wildman–Crippen MR) is 109 cm³/mol. The minimum Gasteiger partial charge on any atom is -0.331 e. The molecule has 1 heterocycles. The fraction of sp³-hybridized carbons (Fsp3) is 0. The zero-order valence-corrected chi connectivity index (χ0v) is 14.6. The van der Waals surface area contributed by atoms with Crippen LogP contribution in [0.25, 0.3) is 21.7 Å². The number of rotatable bonds is 2. The molecule has 0 unspecified atom stereocenters. The van der Waals surface area contributed by atoms with Crippen molar-refractivity contribution in [1.29, 1.82) is 0 Å². The second-order valence-electron chi connectivity index (χ2n) is 5.85. The molecule has 1 aromatic heterocycles. The molecule has 2 N–H and O–H groups in total. The Bertz CT molecular complexity index is 1130. The average Bonchev–Trinajstić information content (AvgIpc) is 2.68. The fourth-order valence-corrected chi connectivity index (χ4v) is 3.07. The van der Waals surface area contributed by atoms with Gasteiger partial charge < -0.3 is 5.32 Å². The van der Waals surface area contributed by atoms with Crippen LogP contribution in [0, 0.1) is 0 Å². The fourth-order valence-electron chi connectivity index (χ4n) is 2.86. The molecule has 3 aromatic carbocycles. The van der Waals surface area contributed by atoms with E-state index in [9.17, 15) is 4.79 Å². The van der Waals surface area contributed by atoms with Crippen LogP contribution in [0.3, 0.4) is 0 Å². The van der Waals surface area contributed by atoms with Gasteiger partial charge in [0.25, 0.3) is 5.91 Å². The Morgan fingerprint density at radius 3 is 2.50 bits per heavy atom. The van der Waals surface area contributed by atoms with E-state index in [1.807, 2.05) is 66.7 Å². The maximum atomic E-state index is 12.5. The highest BCUT2D eigenvalue weighted by Crippen LogP contribution is 2.20. The number of amides is 1. The van der Waals surface area contributed by atoms with Gasteiger partial charge >= 0.3 is 0 Å². The molecular formula is C21H15N3OS. The smallest absolute Gasteiger partial charge is 0.257 e. The minimum atomic E-state index is -0.249. The number of para-hydroxylation sites is 1. The first-order valence-corrected chi connectivity index (χ1v) is 8.56. The summed E-state index contributed by atoms with van der Waals surface area (Å²) in [5.74, 6) is -0.249. The van der Waals surface area contributed by atoms with Crippen LogP contribution in [0.4, 0.5) is 5.69 Å². The van der Waals surface area contributed by atoms with Crippen molar-refractivity contribution in [2.75, 3.05) is 5.32 Å². The van der Waals surface area contributed by atoms with Gasteiger partial charge in [0, 0.05) is 17.1 Å². The summed E-state index contributed by atoms with van der Waals surface area (Å²) in [6.45, 7) is 0. The normalized spacial score (nSPS) is 10.6. The molecule has 0 fully saturated rings. The topological polar surface area (TPSA) is 54.0 Å². The summed E-state index contributed by atoms with van der Waals surface area (Å²) >= 11 is 5.30. The van der Waals surface area contributed by atoms with E-state index in [2.05, 4.69) is 15.6 Å². The van der Waals surface area contributed by atoms with Crippen LogP contribution in [0.2, 0.25) is 0 Å². The van der Waals surface area contributed by atoms with Gasteiger partial charge in [0.1, 0.15) is 0 Å². The highest BCUT2D eigenvalue weighted by atomic mass is 32.1. The second kappa shape index (κ2) is 6.90. The van der Waals surface area contributed by atoms with Crippen molar-refractivity contribution in [3.63, 3.8) is 0 Å². The lowest BCUT2D eigenvalue weighted by atomic mass is 10.1. The van der Waals surface area contributed by atoms with E-state index in [0.29, 0.717) is 5.56 Å². The van der Waals surface area contributed by atoms with Crippen LogP contribution in [0.5, 0.6) is 0 Å². The number of thiocarbonyl (C=S) groups is 1. The van der Waals surface area contributed by atoms with E-state index in [4.69, 9.17) is 12.2 Å². The van der Waals surface area contributed by atoms with Gasteiger partial charge in [-0.25, -0.2) is 0 Å². The third kappa shape index (κ3) is 3.25. The number of pyridine rings is 1. The molecule has 0 atom stereocenters. The molecule has 0 bridgehead atoms. The van der Waals surface area contributed by atoms with Crippen LogP contribution in [-0.2, 0) is 0 Å². The molecule has 4 aromatic rings. The molecule has 0 saturated carbocycles. The SMILES string of the molecule is O=C(NC(=S)Nc1cccc2cccnc12)c1ccc2ccccc2c1. The molecule has 0 aliphatic rings. The molecule has 126 valence electrons. The highest BCUT2D eigenvalue weighted by Gasteiger charge is 2.10. The van der Waals surface area contributed by atoms with Crippen molar-refractivity contribution >= 4 is 50.6 Å². The summed E-state index contributed by atoms with van der Waals surface area (Å²) < 4.78 is 0. The number of hydrogen-bond donors (Lipinski definition) is 2. The Morgan fingerprint density at radius 2 is 1.62 bits per heavy atom. The first-order chi connectivity index (χ1) is 12.7. The van der Waals surface area contributed by atoms with Crippen molar-refractivity contribution in [2.24, 2.45) is 0 Å². The van der Waals surface area contributed by atoms with Crippen LogP contribution in [-0.4, -0.2) is 16.0 Å². The molecule has 0 saturated heterocycles. The maximum Gasteiger partial charge on any atom is 0.257 e. The third-order valence-corrected chi connectivity index (χ3v) is 4.32. The molecule has 0 aliphatic heterocycles. The molecule has 4 nitrogen and oxygen atoms in total. The Morgan fingerprint density at radius 1 is 0.846 bits per heavy atom. The summed E-state index contributed by atoms with van der Waals surface area (Å²) in [4.78, 5) is 16.9. The molecule has 1 amide bonds.